The van der Waals surface area contributed by atoms with Crippen LogP contribution in [0.4, 0.5) is 10.2 Å². The van der Waals surface area contributed by atoms with E-state index in [4.69, 9.17) is 5.73 Å². The standard InChI is InChI=1S/C29H26FN3O3/c1-18-16-22(10-14-25(18)30)19(2)24-13-15-26(34)33(28(24)31)23-11-8-20(9-12-23)17-32-27(29(35)36)21-6-4-3-5-7-21/h3-16,27,32H,2,17,31H2,1H3,(H,35,36)/t27-/m0/s1. The van der Waals surface area contributed by atoms with Crippen molar-refractivity contribution in [3.8, 4) is 5.69 Å². The average molecular weight is 484 g/mol. The number of benzene rings is 3. The quantitative estimate of drug-likeness (QED) is 0.333. The van der Waals surface area contributed by atoms with Gasteiger partial charge in [0.15, 0.2) is 0 Å². The molecule has 0 saturated carbocycles. The van der Waals surface area contributed by atoms with E-state index < -0.39 is 12.0 Å². The van der Waals surface area contributed by atoms with Crippen molar-refractivity contribution in [3.05, 3.63) is 135 Å². The van der Waals surface area contributed by atoms with Crippen LogP contribution in [-0.2, 0) is 11.3 Å². The fourth-order valence-corrected chi connectivity index (χ4v) is 4.04. The molecule has 0 radical (unpaired) electrons. The second-order valence-electron chi connectivity index (χ2n) is 8.48. The molecule has 1 aromatic heterocycles. The fourth-order valence-electron chi connectivity index (χ4n) is 4.04. The molecule has 3 aromatic carbocycles. The molecule has 1 heterocycles. The summed E-state index contributed by atoms with van der Waals surface area (Å²) in [5.74, 6) is -1.06. The van der Waals surface area contributed by atoms with Crippen LogP contribution in [0, 0.1) is 12.7 Å². The summed E-state index contributed by atoms with van der Waals surface area (Å²) in [7, 11) is 0. The maximum Gasteiger partial charge on any atom is 0.325 e. The zero-order valence-corrected chi connectivity index (χ0v) is 19.7. The Morgan fingerprint density at radius 3 is 2.39 bits per heavy atom. The number of anilines is 1. The van der Waals surface area contributed by atoms with E-state index in [1.165, 1.54) is 16.7 Å². The third-order valence-electron chi connectivity index (χ3n) is 6.05. The number of rotatable bonds is 8. The third-order valence-corrected chi connectivity index (χ3v) is 6.05. The van der Waals surface area contributed by atoms with E-state index in [1.54, 1.807) is 61.5 Å². The van der Waals surface area contributed by atoms with Gasteiger partial charge >= 0.3 is 5.97 Å². The van der Waals surface area contributed by atoms with Crippen molar-refractivity contribution >= 4 is 17.4 Å². The summed E-state index contributed by atoms with van der Waals surface area (Å²) in [5, 5.41) is 12.7. The van der Waals surface area contributed by atoms with Gasteiger partial charge in [0.25, 0.3) is 5.56 Å². The lowest BCUT2D eigenvalue weighted by molar-refractivity contribution is -0.139. The van der Waals surface area contributed by atoms with Gasteiger partial charge in [-0.05, 0) is 65.1 Å². The van der Waals surface area contributed by atoms with Gasteiger partial charge in [0.2, 0.25) is 0 Å². The van der Waals surface area contributed by atoms with Gasteiger partial charge in [0, 0.05) is 18.2 Å². The van der Waals surface area contributed by atoms with Gasteiger partial charge in [-0.3, -0.25) is 19.5 Å². The normalized spacial score (nSPS) is 11.7. The van der Waals surface area contributed by atoms with Gasteiger partial charge < -0.3 is 10.8 Å². The third kappa shape index (κ3) is 5.11. The van der Waals surface area contributed by atoms with E-state index in [-0.39, 0.29) is 17.2 Å². The van der Waals surface area contributed by atoms with Crippen LogP contribution in [0.15, 0.2) is 96.3 Å². The Morgan fingerprint density at radius 2 is 1.75 bits per heavy atom. The van der Waals surface area contributed by atoms with Crippen molar-refractivity contribution in [2.24, 2.45) is 0 Å². The molecule has 182 valence electrons. The molecule has 0 bridgehead atoms. The zero-order valence-electron chi connectivity index (χ0n) is 19.7. The summed E-state index contributed by atoms with van der Waals surface area (Å²) in [6.45, 7) is 6.10. The highest BCUT2D eigenvalue weighted by Crippen LogP contribution is 2.28. The average Bonchev–Trinajstić information content (AvgIpc) is 2.87. The van der Waals surface area contributed by atoms with E-state index >= 15 is 0 Å². The zero-order chi connectivity index (χ0) is 25.8. The summed E-state index contributed by atoms with van der Waals surface area (Å²) in [5.41, 5.74) is 10.5. The van der Waals surface area contributed by atoms with Gasteiger partial charge in [0.05, 0.1) is 5.69 Å². The summed E-state index contributed by atoms with van der Waals surface area (Å²) in [6.07, 6.45) is 0. The minimum absolute atomic E-state index is 0.218. The predicted octanol–water partition coefficient (Wildman–Crippen LogP) is 4.84. The molecule has 0 aliphatic heterocycles. The summed E-state index contributed by atoms with van der Waals surface area (Å²) in [6, 6.07) is 22.9. The Balaban J connectivity index is 1.58. The molecule has 0 amide bonds. The number of aryl methyl sites for hydroxylation is 1. The number of carboxylic acids is 1. The predicted molar refractivity (Wildman–Crippen MR) is 139 cm³/mol. The number of carbonyl (C=O) groups is 1. The molecular formula is C29H26FN3O3. The molecular weight excluding hydrogens is 457 g/mol. The minimum atomic E-state index is -0.967. The largest absolute Gasteiger partial charge is 0.480 e. The van der Waals surface area contributed by atoms with Crippen LogP contribution in [-0.4, -0.2) is 15.6 Å². The molecule has 0 aliphatic carbocycles. The second-order valence-corrected chi connectivity index (χ2v) is 8.48. The number of aliphatic carboxylic acids is 1. The number of pyridine rings is 1. The number of carboxylic acid groups (broad SMARTS) is 1. The lowest BCUT2D eigenvalue weighted by Crippen LogP contribution is -2.28. The van der Waals surface area contributed by atoms with Crippen molar-refractivity contribution in [3.63, 3.8) is 0 Å². The highest BCUT2D eigenvalue weighted by atomic mass is 19.1. The molecule has 6 nitrogen and oxygen atoms in total. The van der Waals surface area contributed by atoms with Crippen LogP contribution < -0.4 is 16.6 Å². The summed E-state index contributed by atoms with van der Waals surface area (Å²) in [4.78, 5) is 24.4. The van der Waals surface area contributed by atoms with Gasteiger partial charge in [-0.2, -0.15) is 0 Å². The van der Waals surface area contributed by atoms with Crippen molar-refractivity contribution in [1.29, 1.82) is 0 Å². The SMILES string of the molecule is C=C(c1ccc(F)c(C)c1)c1ccc(=O)n(-c2ccc(CN[C@H](C(=O)O)c3ccccc3)cc2)c1N. The van der Waals surface area contributed by atoms with Crippen molar-refractivity contribution in [1.82, 2.24) is 9.88 Å². The molecule has 4 rings (SSSR count). The fraction of sp³-hybridized carbons (Fsp3) is 0.103. The Hall–Kier alpha value is -4.49. The van der Waals surface area contributed by atoms with E-state index in [0.717, 1.165) is 5.56 Å². The van der Waals surface area contributed by atoms with Crippen LogP contribution in [0.25, 0.3) is 11.3 Å². The minimum Gasteiger partial charge on any atom is -0.480 e. The van der Waals surface area contributed by atoms with Crippen molar-refractivity contribution in [2.45, 2.75) is 19.5 Å². The van der Waals surface area contributed by atoms with Gasteiger partial charge in [-0.15, -0.1) is 0 Å². The number of hydrogen-bond acceptors (Lipinski definition) is 4. The van der Waals surface area contributed by atoms with Crippen LogP contribution in [0.3, 0.4) is 0 Å². The first kappa shape index (κ1) is 24.6. The number of hydrogen-bond donors (Lipinski definition) is 3. The molecule has 4 N–H and O–H groups in total. The first-order valence-corrected chi connectivity index (χ1v) is 11.3. The van der Waals surface area contributed by atoms with E-state index in [9.17, 15) is 19.1 Å². The maximum atomic E-state index is 13.7. The topological polar surface area (TPSA) is 97.3 Å². The van der Waals surface area contributed by atoms with E-state index in [0.29, 0.717) is 40.1 Å². The summed E-state index contributed by atoms with van der Waals surface area (Å²) >= 11 is 0. The smallest absolute Gasteiger partial charge is 0.325 e. The van der Waals surface area contributed by atoms with Gasteiger partial charge in [0.1, 0.15) is 17.7 Å². The van der Waals surface area contributed by atoms with Crippen LogP contribution in [0.5, 0.6) is 0 Å². The monoisotopic (exact) mass is 483 g/mol. The second kappa shape index (κ2) is 10.4. The molecule has 0 fully saturated rings. The van der Waals surface area contributed by atoms with Gasteiger partial charge in [-0.25, -0.2) is 4.39 Å². The van der Waals surface area contributed by atoms with Crippen LogP contribution >= 0.6 is 0 Å². The van der Waals surface area contributed by atoms with Crippen LogP contribution in [0.1, 0.15) is 33.9 Å². The molecule has 4 aromatic rings. The highest BCUT2D eigenvalue weighted by Gasteiger charge is 2.19. The number of aromatic nitrogens is 1. The number of nitrogen functional groups attached to an aromatic ring is 1. The first-order chi connectivity index (χ1) is 17.3. The van der Waals surface area contributed by atoms with E-state index in [2.05, 4.69) is 11.9 Å². The molecule has 1 atom stereocenters. The maximum absolute atomic E-state index is 13.7. The Labute approximate surface area is 208 Å². The summed E-state index contributed by atoms with van der Waals surface area (Å²) < 4.78 is 15.1. The lowest BCUT2D eigenvalue weighted by atomic mass is 9.98. The molecule has 0 unspecified atom stereocenters. The number of nitrogens with two attached hydrogens (primary N) is 1. The van der Waals surface area contributed by atoms with Gasteiger partial charge in [-0.1, -0.05) is 55.1 Å². The van der Waals surface area contributed by atoms with E-state index in [1.807, 2.05) is 18.2 Å². The molecule has 7 heteroatoms. The highest BCUT2D eigenvalue weighted by molar-refractivity contribution is 5.83. The van der Waals surface area contributed by atoms with Crippen LogP contribution in [0.2, 0.25) is 0 Å². The molecule has 36 heavy (non-hydrogen) atoms. The number of halogens is 1. The Morgan fingerprint density at radius 1 is 1.06 bits per heavy atom. The molecule has 0 saturated heterocycles. The Kier molecular flexibility index (Phi) is 7.12. The first-order valence-electron chi connectivity index (χ1n) is 11.3. The van der Waals surface area contributed by atoms with Crippen molar-refractivity contribution in [2.75, 3.05) is 5.73 Å². The molecule has 0 spiro atoms. The van der Waals surface area contributed by atoms with Crippen molar-refractivity contribution < 1.29 is 14.3 Å². The Bertz CT molecular complexity index is 1480. The number of nitrogens with one attached hydrogen (secondary N) is 1. The number of nitrogens with zero attached hydrogens (tertiary/aromatic N) is 1. The molecule has 0 aliphatic rings. The lowest BCUT2D eigenvalue weighted by Gasteiger charge is -2.17.